The van der Waals surface area contributed by atoms with Crippen LogP contribution < -0.4 is 14.8 Å². The lowest BCUT2D eigenvalue weighted by Gasteiger charge is -2.16. The number of carboxylic acid groups (broad SMARTS) is 1. The number of aromatic carboxylic acids is 1. The molecule has 0 aliphatic carbocycles. The number of hydrogen-bond acceptors (Lipinski definition) is 5. The Labute approximate surface area is 157 Å². The zero-order chi connectivity index (χ0) is 20.0. The van der Waals surface area contributed by atoms with Gasteiger partial charge in [-0.3, -0.25) is 4.79 Å². The van der Waals surface area contributed by atoms with Crippen LogP contribution in [0, 0.1) is 6.92 Å². The van der Waals surface area contributed by atoms with Crippen LogP contribution in [0.1, 0.15) is 40.4 Å². The molecular formula is C20H23NO6. The average molecular weight is 373 g/mol. The summed E-state index contributed by atoms with van der Waals surface area (Å²) in [6, 6.07) is 9.60. The van der Waals surface area contributed by atoms with Crippen LogP contribution in [0.5, 0.6) is 11.5 Å². The van der Waals surface area contributed by atoms with Crippen LogP contribution >= 0.6 is 0 Å². The molecule has 0 aliphatic heterocycles. The molecule has 0 radical (unpaired) electrons. The van der Waals surface area contributed by atoms with E-state index in [1.807, 2.05) is 0 Å². The lowest BCUT2D eigenvalue weighted by atomic mass is 10.0. The molecule has 2 aromatic rings. The molecule has 2 aromatic carbocycles. The zero-order valence-electron chi connectivity index (χ0n) is 15.5. The van der Waals surface area contributed by atoms with Crippen molar-refractivity contribution in [2.75, 3.05) is 19.5 Å². The molecule has 1 atom stereocenters. The summed E-state index contributed by atoms with van der Waals surface area (Å²) in [5.74, 6) is -0.290. The molecular weight excluding hydrogens is 350 g/mol. The van der Waals surface area contributed by atoms with E-state index in [2.05, 4.69) is 5.32 Å². The Hall–Kier alpha value is -3.06. The smallest absolute Gasteiger partial charge is 0.335 e. The molecule has 0 bridgehead atoms. The molecule has 2 rings (SSSR count). The number of ether oxygens (including phenoxy) is 2. The summed E-state index contributed by atoms with van der Waals surface area (Å²) < 4.78 is 10.4. The van der Waals surface area contributed by atoms with Gasteiger partial charge >= 0.3 is 5.97 Å². The van der Waals surface area contributed by atoms with Gasteiger partial charge in [0.2, 0.25) is 5.91 Å². The maximum absolute atomic E-state index is 12.2. The molecule has 0 saturated heterocycles. The van der Waals surface area contributed by atoms with Crippen LogP contribution in [0.4, 0.5) is 5.69 Å². The maximum Gasteiger partial charge on any atom is 0.335 e. The first kappa shape index (κ1) is 20.3. The predicted molar refractivity (Wildman–Crippen MR) is 101 cm³/mol. The molecule has 1 unspecified atom stereocenters. The highest BCUT2D eigenvalue weighted by Gasteiger charge is 2.16. The van der Waals surface area contributed by atoms with Crippen molar-refractivity contribution in [1.82, 2.24) is 0 Å². The molecule has 0 saturated carbocycles. The number of hydrogen-bond donors (Lipinski definition) is 3. The average Bonchev–Trinajstić information content (AvgIpc) is 2.67. The molecule has 27 heavy (non-hydrogen) atoms. The number of carbonyl (C=O) groups is 2. The van der Waals surface area contributed by atoms with Crippen molar-refractivity contribution < 1.29 is 29.3 Å². The van der Waals surface area contributed by atoms with E-state index < -0.39 is 12.1 Å². The number of carboxylic acids is 1. The molecule has 7 heteroatoms. The van der Waals surface area contributed by atoms with Gasteiger partial charge in [0.25, 0.3) is 0 Å². The van der Waals surface area contributed by atoms with Gasteiger partial charge in [-0.15, -0.1) is 0 Å². The molecule has 0 aliphatic rings. The van der Waals surface area contributed by atoms with E-state index in [-0.39, 0.29) is 24.3 Å². The van der Waals surface area contributed by atoms with Gasteiger partial charge in [0.1, 0.15) is 11.5 Å². The van der Waals surface area contributed by atoms with E-state index in [1.165, 1.54) is 26.4 Å². The van der Waals surface area contributed by atoms with E-state index in [9.17, 15) is 14.7 Å². The lowest BCUT2D eigenvalue weighted by molar-refractivity contribution is -0.116. The summed E-state index contributed by atoms with van der Waals surface area (Å²) in [5.41, 5.74) is 1.86. The molecule has 0 fully saturated rings. The van der Waals surface area contributed by atoms with Crippen LogP contribution in [0.25, 0.3) is 0 Å². The van der Waals surface area contributed by atoms with Crippen LogP contribution in [-0.2, 0) is 4.79 Å². The van der Waals surface area contributed by atoms with E-state index in [0.29, 0.717) is 22.7 Å². The second-order valence-corrected chi connectivity index (χ2v) is 6.05. The Bertz CT molecular complexity index is 833. The van der Waals surface area contributed by atoms with Gasteiger partial charge in [0, 0.05) is 23.7 Å². The topological polar surface area (TPSA) is 105 Å². The number of amides is 1. The highest BCUT2D eigenvalue weighted by molar-refractivity contribution is 5.94. The van der Waals surface area contributed by atoms with E-state index in [1.54, 1.807) is 31.2 Å². The summed E-state index contributed by atoms with van der Waals surface area (Å²) in [6.07, 6.45) is -0.637. The number of anilines is 1. The van der Waals surface area contributed by atoms with Crippen LogP contribution in [0.15, 0.2) is 36.4 Å². The maximum atomic E-state index is 12.2. The molecule has 0 spiro atoms. The van der Waals surface area contributed by atoms with E-state index in [4.69, 9.17) is 14.6 Å². The summed E-state index contributed by atoms with van der Waals surface area (Å²) in [7, 11) is 3.03. The number of aliphatic hydroxyl groups excluding tert-OH is 1. The Kier molecular flexibility index (Phi) is 6.79. The largest absolute Gasteiger partial charge is 0.497 e. The standard InChI is InChI=1S/C20H23NO6/c1-12-4-5-13(20(24)25)10-16(12)21-19(23)9-8-17(22)15-7-6-14(26-2)11-18(15)27-3/h4-7,10-11,17,22H,8-9H2,1-3H3,(H,21,23)(H,24,25). The number of carbonyl (C=O) groups excluding carboxylic acids is 1. The van der Waals surface area contributed by atoms with Crippen molar-refractivity contribution in [2.24, 2.45) is 0 Å². The van der Waals surface area contributed by atoms with Gasteiger partial charge in [-0.25, -0.2) is 4.79 Å². The van der Waals surface area contributed by atoms with Crippen molar-refractivity contribution in [3.8, 4) is 11.5 Å². The fraction of sp³-hybridized carbons (Fsp3) is 0.300. The fourth-order valence-corrected chi connectivity index (χ4v) is 2.62. The number of rotatable bonds is 8. The van der Waals surface area contributed by atoms with Gasteiger partial charge in [-0.2, -0.15) is 0 Å². The van der Waals surface area contributed by atoms with E-state index in [0.717, 1.165) is 5.56 Å². The van der Waals surface area contributed by atoms with Crippen molar-refractivity contribution in [3.63, 3.8) is 0 Å². The molecule has 0 heterocycles. The summed E-state index contributed by atoms with van der Waals surface area (Å²) in [6.45, 7) is 1.78. The third-order valence-corrected chi connectivity index (χ3v) is 4.20. The minimum Gasteiger partial charge on any atom is -0.497 e. The normalized spacial score (nSPS) is 11.6. The molecule has 1 amide bonds. The first-order valence-corrected chi connectivity index (χ1v) is 8.39. The molecule has 144 valence electrons. The highest BCUT2D eigenvalue weighted by Crippen LogP contribution is 2.31. The lowest BCUT2D eigenvalue weighted by Crippen LogP contribution is -2.14. The first-order valence-electron chi connectivity index (χ1n) is 8.39. The van der Waals surface area contributed by atoms with Crippen molar-refractivity contribution in [1.29, 1.82) is 0 Å². The van der Waals surface area contributed by atoms with Crippen LogP contribution in [0.2, 0.25) is 0 Å². The number of aryl methyl sites for hydroxylation is 1. The molecule has 0 aromatic heterocycles. The van der Waals surface area contributed by atoms with Crippen molar-refractivity contribution in [2.45, 2.75) is 25.9 Å². The number of nitrogens with one attached hydrogen (secondary N) is 1. The molecule has 7 nitrogen and oxygen atoms in total. The van der Waals surface area contributed by atoms with Gasteiger partial charge in [0.15, 0.2) is 0 Å². The monoisotopic (exact) mass is 373 g/mol. The summed E-state index contributed by atoms with van der Waals surface area (Å²) >= 11 is 0. The van der Waals surface area contributed by atoms with E-state index >= 15 is 0 Å². The zero-order valence-corrected chi connectivity index (χ0v) is 15.5. The highest BCUT2D eigenvalue weighted by atomic mass is 16.5. The van der Waals surface area contributed by atoms with Gasteiger partial charge < -0.3 is 25.0 Å². The molecule has 3 N–H and O–H groups in total. The number of methoxy groups -OCH3 is 2. The number of aliphatic hydroxyl groups is 1. The Balaban J connectivity index is 2.01. The Morgan fingerprint density at radius 3 is 2.48 bits per heavy atom. The third kappa shape index (κ3) is 5.21. The van der Waals surface area contributed by atoms with Crippen LogP contribution in [0.3, 0.4) is 0 Å². The quantitative estimate of drug-likeness (QED) is 0.656. The SMILES string of the molecule is COc1ccc(C(O)CCC(=O)Nc2cc(C(=O)O)ccc2C)c(OC)c1. The Morgan fingerprint density at radius 2 is 1.85 bits per heavy atom. The Morgan fingerprint density at radius 1 is 1.11 bits per heavy atom. The minimum atomic E-state index is -1.06. The first-order chi connectivity index (χ1) is 12.8. The second-order valence-electron chi connectivity index (χ2n) is 6.05. The predicted octanol–water partition coefficient (Wildman–Crippen LogP) is 3.16. The summed E-state index contributed by atoms with van der Waals surface area (Å²) in [4.78, 5) is 23.3. The van der Waals surface area contributed by atoms with Crippen molar-refractivity contribution >= 4 is 17.6 Å². The number of benzene rings is 2. The van der Waals surface area contributed by atoms with Gasteiger partial charge in [-0.1, -0.05) is 6.07 Å². The minimum absolute atomic E-state index is 0.0626. The van der Waals surface area contributed by atoms with Gasteiger partial charge in [0.05, 0.1) is 25.9 Å². The fourth-order valence-electron chi connectivity index (χ4n) is 2.62. The third-order valence-electron chi connectivity index (χ3n) is 4.20. The van der Waals surface area contributed by atoms with Crippen LogP contribution in [-0.4, -0.2) is 36.3 Å². The van der Waals surface area contributed by atoms with Crippen molar-refractivity contribution in [3.05, 3.63) is 53.1 Å². The second kappa shape index (κ2) is 9.05. The summed E-state index contributed by atoms with van der Waals surface area (Å²) in [5, 5.41) is 22.2. The van der Waals surface area contributed by atoms with Gasteiger partial charge in [-0.05, 0) is 43.2 Å².